The van der Waals surface area contributed by atoms with Gasteiger partial charge in [0.15, 0.2) is 0 Å². The summed E-state index contributed by atoms with van der Waals surface area (Å²) in [6, 6.07) is 11.7. The van der Waals surface area contributed by atoms with Gasteiger partial charge in [0.05, 0.1) is 38.6 Å². The first-order valence-corrected chi connectivity index (χ1v) is 10.4. The molecule has 0 fully saturated rings. The Balaban J connectivity index is 2.34. The number of ether oxygens (including phenoxy) is 6. The molecule has 0 heterocycles. The number of esters is 4. The largest absolute Gasteiger partial charge is 0.497 e. The van der Waals surface area contributed by atoms with Crippen LogP contribution in [0.4, 0.5) is 0 Å². The van der Waals surface area contributed by atoms with Crippen molar-refractivity contribution in [2.45, 2.75) is 26.1 Å². The molecule has 2 atom stereocenters. The summed E-state index contributed by atoms with van der Waals surface area (Å²) in [5.74, 6) is -3.06. The highest BCUT2D eigenvalue weighted by molar-refractivity contribution is 5.96. The van der Waals surface area contributed by atoms with Gasteiger partial charge in [-0.3, -0.25) is 0 Å². The lowest BCUT2D eigenvalue weighted by Gasteiger charge is -2.24. The molecule has 2 rings (SSSR count). The molecule has 0 aliphatic carbocycles. The van der Waals surface area contributed by atoms with Gasteiger partial charge < -0.3 is 28.4 Å². The van der Waals surface area contributed by atoms with Gasteiger partial charge in [-0.1, -0.05) is 0 Å². The first kappa shape index (κ1) is 26.2. The second-order valence-corrected chi connectivity index (χ2v) is 6.61. The fourth-order valence-electron chi connectivity index (χ4n) is 2.74. The Hall–Kier alpha value is -4.08. The predicted molar refractivity (Wildman–Crippen MR) is 118 cm³/mol. The van der Waals surface area contributed by atoms with Crippen molar-refractivity contribution in [3.05, 3.63) is 59.7 Å². The van der Waals surface area contributed by atoms with E-state index in [9.17, 15) is 19.2 Å². The van der Waals surface area contributed by atoms with Crippen LogP contribution in [0.3, 0.4) is 0 Å². The summed E-state index contributed by atoms with van der Waals surface area (Å²) in [6.07, 6.45) is -3.81. The lowest BCUT2D eigenvalue weighted by atomic mass is 10.1. The van der Waals surface area contributed by atoms with Crippen molar-refractivity contribution in [3.8, 4) is 11.5 Å². The molecule has 0 bridgehead atoms. The topological polar surface area (TPSA) is 124 Å². The van der Waals surface area contributed by atoms with Gasteiger partial charge in [0.1, 0.15) is 11.5 Å². The maximum Gasteiger partial charge on any atom is 0.352 e. The van der Waals surface area contributed by atoms with Crippen molar-refractivity contribution >= 4 is 23.9 Å². The Kier molecular flexibility index (Phi) is 9.88. The van der Waals surface area contributed by atoms with Crippen LogP contribution in [0.2, 0.25) is 0 Å². The zero-order valence-corrected chi connectivity index (χ0v) is 19.3. The number of hydrogen-bond donors (Lipinski definition) is 0. The summed E-state index contributed by atoms with van der Waals surface area (Å²) in [5.41, 5.74) is 0.137. The van der Waals surface area contributed by atoms with Crippen LogP contribution in [0.5, 0.6) is 11.5 Å². The van der Waals surface area contributed by atoms with E-state index in [4.69, 9.17) is 28.4 Å². The van der Waals surface area contributed by atoms with E-state index in [0.717, 1.165) is 0 Å². The summed E-state index contributed by atoms with van der Waals surface area (Å²) in [4.78, 5) is 50.6. The smallest absolute Gasteiger partial charge is 0.352 e. The van der Waals surface area contributed by atoms with E-state index < -0.39 is 36.1 Å². The lowest BCUT2D eigenvalue weighted by Crippen LogP contribution is -2.47. The standard InChI is InChI=1S/C24H26O10/c1-5-31-23(27)19(33-21(25)15-7-11-17(29-3)12-8-15)20(24(28)32-6-2)34-22(26)16-9-13-18(30-4)14-10-16/h7-14,19-20H,5-6H2,1-4H3/t19-,20-/m1/s1. The Labute approximate surface area is 196 Å². The first-order chi connectivity index (χ1) is 16.3. The van der Waals surface area contributed by atoms with Crippen LogP contribution in [0.25, 0.3) is 0 Å². The van der Waals surface area contributed by atoms with Crippen LogP contribution in [0, 0.1) is 0 Å². The van der Waals surface area contributed by atoms with Gasteiger partial charge in [0, 0.05) is 0 Å². The molecule has 0 unspecified atom stereocenters. The summed E-state index contributed by atoms with van der Waals surface area (Å²) in [6.45, 7) is 2.92. The molecule has 0 saturated carbocycles. The zero-order chi connectivity index (χ0) is 25.1. The molecular weight excluding hydrogens is 448 g/mol. The van der Waals surface area contributed by atoms with Crippen molar-refractivity contribution in [1.29, 1.82) is 0 Å². The van der Waals surface area contributed by atoms with Crippen molar-refractivity contribution in [2.75, 3.05) is 27.4 Å². The Morgan fingerprint density at radius 2 is 0.941 bits per heavy atom. The van der Waals surface area contributed by atoms with Gasteiger partial charge in [0.25, 0.3) is 0 Å². The molecule has 0 spiro atoms. The first-order valence-electron chi connectivity index (χ1n) is 10.4. The fourth-order valence-corrected chi connectivity index (χ4v) is 2.74. The van der Waals surface area contributed by atoms with Crippen LogP contribution < -0.4 is 9.47 Å². The molecule has 10 nitrogen and oxygen atoms in total. The average Bonchev–Trinajstić information content (AvgIpc) is 2.86. The Morgan fingerprint density at radius 3 is 1.21 bits per heavy atom. The number of methoxy groups -OCH3 is 2. The van der Waals surface area contributed by atoms with E-state index >= 15 is 0 Å². The number of carbonyl (C=O) groups is 4. The molecule has 34 heavy (non-hydrogen) atoms. The summed E-state index contributed by atoms with van der Waals surface area (Å²) in [7, 11) is 2.93. The number of hydrogen-bond acceptors (Lipinski definition) is 10. The molecule has 2 aromatic rings. The third-order valence-corrected chi connectivity index (χ3v) is 4.43. The highest BCUT2D eigenvalue weighted by Gasteiger charge is 2.43. The highest BCUT2D eigenvalue weighted by atomic mass is 16.6. The van der Waals surface area contributed by atoms with Gasteiger partial charge in [-0.05, 0) is 62.4 Å². The quantitative estimate of drug-likeness (QED) is 0.354. The molecular formula is C24H26O10. The monoisotopic (exact) mass is 474 g/mol. The van der Waals surface area contributed by atoms with Gasteiger partial charge in [-0.15, -0.1) is 0 Å². The summed E-state index contributed by atoms with van der Waals surface area (Å²) in [5, 5.41) is 0. The van der Waals surface area contributed by atoms with E-state index in [1.54, 1.807) is 0 Å². The molecule has 0 aliphatic rings. The van der Waals surface area contributed by atoms with Gasteiger partial charge in [0.2, 0.25) is 12.2 Å². The van der Waals surface area contributed by atoms with Crippen molar-refractivity contribution in [2.24, 2.45) is 0 Å². The minimum atomic E-state index is -1.91. The number of rotatable bonds is 11. The summed E-state index contributed by atoms with van der Waals surface area (Å²) >= 11 is 0. The third kappa shape index (κ3) is 6.96. The predicted octanol–water partition coefficient (Wildman–Crippen LogP) is 2.58. The lowest BCUT2D eigenvalue weighted by molar-refractivity contribution is -0.173. The normalized spacial score (nSPS) is 12.0. The third-order valence-electron chi connectivity index (χ3n) is 4.43. The maximum atomic E-state index is 12.7. The van der Waals surface area contributed by atoms with E-state index in [-0.39, 0.29) is 24.3 Å². The molecule has 0 N–H and O–H groups in total. The second-order valence-electron chi connectivity index (χ2n) is 6.61. The number of carbonyl (C=O) groups excluding carboxylic acids is 4. The van der Waals surface area contributed by atoms with Crippen LogP contribution in [-0.2, 0) is 28.5 Å². The SMILES string of the molecule is CCOC(=O)[C@H](OC(=O)c1ccc(OC)cc1)[C@@H](OC(=O)c1ccc(OC)cc1)C(=O)OCC. The van der Waals surface area contributed by atoms with Crippen molar-refractivity contribution < 1.29 is 47.6 Å². The van der Waals surface area contributed by atoms with E-state index in [1.807, 2.05) is 0 Å². The number of benzene rings is 2. The second kappa shape index (κ2) is 12.8. The zero-order valence-electron chi connectivity index (χ0n) is 19.3. The van der Waals surface area contributed by atoms with Crippen LogP contribution in [0.1, 0.15) is 34.6 Å². The van der Waals surface area contributed by atoms with Crippen LogP contribution in [0.15, 0.2) is 48.5 Å². The minimum Gasteiger partial charge on any atom is -0.497 e. The Morgan fingerprint density at radius 1 is 0.618 bits per heavy atom. The molecule has 0 aromatic heterocycles. The highest BCUT2D eigenvalue weighted by Crippen LogP contribution is 2.18. The van der Waals surface area contributed by atoms with Gasteiger partial charge in [-0.2, -0.15) is 0 Å². The maximum absolute atomic E-state index is 12.7. The molecule has 10 heteroatoms. The van der Waals surface area contributed by atoms with Gasteiger partial charge >= 0.3 is 23.9 Å². The molecule has 0 amide bonds. The molecule has 182 valence electrons. The average molecular weight is 474 g/mol. The van der Waals surface area contributed by atoms with E-state index in [2.05, 4.69) is 0 Å². The molecule has 0 saturated heterocycles. The molecule has 0 aliphatic heterocycles. The van der Waals surface area contributed by atoms with Crippen LogP contribution in [-0.4, -0.2) is 63.5 Å². The van der Waals surface area contributed by atoms with Gasteiger partial charge in [-0.25, -0.2) is 19.2 Å². The van der Waals surface area contributed by atoms with E-state index in [1.165, 1.54) is 76.6 Å². The molecule has 2 aromatic carbocycles. The fraction of sp³-hybridized carbons (Fsp3) is 0.333. The summed E-state index contributed by atoms with van der Waals surface area (Å²) < 4.78 is 30.5. The van der Waals surface area contributed by atoms with Crippen LogP contribution >= 0.6 is 0 Å². The van der Waals surface area contributed by atoms with Crippen molar-refractivity contribution in [1.82, 2.24) is 0 Å². The molecule has 0 radical (unpaired) electrons. The Bertz CT molecular complexity index is 900. The van der Waals surface area contributed by atoms with E-state index in [0.29, 0.717) is 11.5 Å². The van der Waals surface area contributed by atoms with Crippen molar-refractivity contribution in [3.63, 3.8) is 0 Å². The minimum absolute atomic E-state index is 0.0687.